The average molecular weight is 88.1 g/mol. The molecule has 0 radical (unpaired) electrons. The van der Waals surface area contributed by atoms with E-state index in [1.165, 1.54) is 5.31 Å². The maximum atomic E-state index is 8.74. The van der Waals surface area contributed by atoms with Crippen molar-refractivity contribution in [3.63, 3.8) is 0 Å². The first kappa shape index (κ1) is 2.99. The van der Waals surface area contributed by atoms with Crippen molar-refractivity contribution in [2.45, 2.75) is 19.1 Å². The highest BCUT2D eigenvalue weighted by molar-refractivity contribution is 4.61. The van der Waals surface area contributed by atoms with Crippen LogP contribution in [-0.2, 0) is 0 Å². The maximum Gasteiger partial charge on any atom is 0.125 e. The Hall–Kier alpha value is -0.0800. The zero-order valence-corrected chi connectivity index (χ0v) is 3.59. The highest BCUT2D eigenvalue weighted by Gasteiger charge is 2.07. The van der Waals surface area contributed by atoms with E-state index in [2.05, 4.69) is 0 Å². The summed E-state index contributed by atoms with van der Waals surface area (Å²) >= 11 is 0. The number of hydrogen-bond acceptors (Lipinski definition) is 2. The van der Waals surface area contributed by atoms with Crippen LogP contribution >= 0.6 is 0 Å². The Kier molecular flexibility index (Phi) is 0.787. The third-order valence-corrected chi connectivity index (χ3v) is 0.960. The molecule has 0 aliphatic carbocycles. The third kappa shape index (κ3) is 0.698. The van der Waals surface area contributed by atoms with E-state index in [0.717, 1.165) is 19.4 Å². The normalized spacial score (nSPS) is 40.2. The van der Waals surface area contributed by atoms with Crippen LogP contribution in [0.25, 0.3) is 0 Å². The molecule has 1 unspecified atom stereocenters. The van der Waals surface area contributed by atoms with Gasteiger partial charge in [-0.2, -0.15) is 0 Å². The zero-order valence-electron chi connectivity index (χ0n) is 4.59. The van der Waals surface area contributed by atoms with Crippen LogP contribution in [0.2, 0.25) is 1.41 Å². The Bertz CT molecular complexity index is 60.7. The minimum Gasteiger partial charge on any atom is -0.379 e. The molecule has 0 bridgehead atoms. The van der Waals surface area contributed by atoms with E-state index in [1.54, 1.807) is 0 Å². The first-order valence-corrected chi connectivity index (χ1v) is 2.24. The molecule has 1 aliphatic rings. The molecule has 1 rings (SSSR count). The van der Waals surface area contributed by atoms with Gasteiger partial charge >= 0.3 is 0 Å². The van der Waals surface area contributed by atoms with E-state index in [4.69, 9.17) is 6.52 Å². The van der Waals surface area contributed by atoms with Crippen molar-refractivity contribution in [3.05, 3.63) is 0 Å². The number of nitrogens with one attached hydrogen (secondary N) is 1. The summed E-state index contributed by atoms with van der Waals surface area (Å²) in [7, 11) is 0. The van der Waals surface area contributed by atoms with Gasteiger partial charge in [0.2, 0.25) is 0 Å². The van der Waals surface area contributed by atoms with Gasteiger partial charge in [-0.05, 0) is 19.4 Å². The molecule has 2 nitrogen and oxygen atoms in total. The first-order chi connectivity index (χ1) is 3.30. The molecule has 2 N–H and O–H groups in total. The second-order valence-electron chi connectivity index (χ2n) is 1.53. The van der Waals surface area contributed by atoms with Crippen molar-refractivity contribution < 1.29 is 6.52 Å². The second-order valence-corrected chi connectivity index (χ2v) is 1.53. The number of aliphatic hydroxyl groups is 1. The van der Waals surface area contributed by atoms with Gasteiger partial charge < -0.3 is 5.11 Å². The molecular weight excluding hydrogens is 78.0 g/mol. The van der Waals surface area contributed by atoms with Crippen molar-refractivity contribution in [1.29, 1.82) is 0 Å². The van der Waals surface area contributed by atoms with E-state index in [9.17, 15) is 0 Å². The topological polar surface area (TPSA) is 32.3 Å². The van der Waals surface area contributed by atoms with Crippen molar-refractivity contribution in [2.24, 2.45) is 0 Å². The predicted molar refractivity (Wildman–Crippen MR) is 23.2 cm³/mol. The van der Waals surface area contributed by atoms with Crippen molar-refractivity contribution in [3.8, 4) is 0 Å². The van der Waals surface area contributed by atoms with Crippen LogP contribution < -0.4 is 5.31 Å². The third-order valence-electron chi connectivity index (χ3n) is 0.960. The quantitative estimate of drug-likeness (QED) is 0.425. The van der Waals surface area contributed by atoms with Crippen molar-refractivity contribution >= 4 is 0 Å². The maximum absolute atomic E-state index is 8.74. The van der Waals surface area contributed by atoms with E-state index >= 15 is 0 Å². The van der Waals surface area contributed by atoms with Gasteiger partial charge in [-0.3, -0.25) is 5.31 Å². The van der Waals surface area contributed by atoms with E-state index in [1.807, 2.05) is 0 Å². The molecule has 6 heavy (non-hydrogen) atoms. The summed E-state index contributed by atoms with van der Waals surface area (Å²) in [6.45, 7) is 0.723. The van der Waals surface area contributed by atoms with Crippen LogP contribution in [0.3, 0.4) is 0 Å². The molecule has 0 spiro atoms. The van der Waals surface area contributed by atoms with Crippen LogP contribution in [-0.4, -0.2) is 17.9 Å². The summed E-state index contributed by atoms with van der Waals surface area (Å²) in [6.07, 6.45) is 1.24. The second kappa shape index (κ2) is 1.58. The van der Waals surface area contributed by atoms with Crippen LogP contribution in [0, 0.1) is 0 Å². The van der Waals surface area contributed by atoms with Gasteiger partial charge in [-0.1, -0.05) is 0 Å². The van der Waals surface area contributed by atoms with Gasteiger partial charge in [0.05, 0.1) is 0 Å². The summed E-state index contributed by atoms with van der Waals surface area (Å²) in [5.74, 6) is 0. The Balaban J connectivity index is 2.33. The molecule has 0 aromatic rings. The van der Waals surface area contributed by atoms with Gasteiger partial charge in [0.1, 0.15) is 7.64 Å². The lowest BCUT2D eigenvalue weighted by atomic mass is 10.4. The van der Waals surface area contributed by atoms with Crippen molar-refractivity contribution in [2.75, 3.05) is 6.54 Å². The SMILES string of the molecule is [2H]N1CCCC1O. The summed E-state index contributed by atoms with van der Waals surface area (Å²) in [5.41, 5.74) is 0. The van der Waals surface area contributed by atoms with Gasteiger partial charge in [0.25, 0.3) is 0 Å². The lowest BCUT2D eigenvalue weighted by Crippen LogP contribution is -2.19. The minimum atomic E-state index is -0.486. The molecule has 1 atom stereocenters. The monoisotopic (exact) mass is 88.1 g/mol. The molecule has 1 aliphatic heterocycles. The predicted octanol–water partition coefficient (Wildman–Crippen LogP) is -0.312. The molecule has 1 fully saturated rings. The Labute approximate surface area is 38.6 Å². The smallest absolute Gasteiger partial charge is 0.125 e. The molecule has 1 saturated heterocycles. The first-order valence-electron chi connectivity index (χ1n) is 2.69. The molecule has 0 aromatic carbocycles. The number of aliphatic hydroxyl groups excluding tert-OH is 1. The fourth-order valence-corrected chi connectivity index (χ4v) is 0.605. The largest absolute Gasteiger partial charge is 0.379 e. The summed E-state index contributed by atoms with van der Waals surface area (Å²) in [5, 5.41) is 9.94. The van der Waals surface area contributed by atoms with E-state index in [0.29, 0.717) is 0 Å². The Morgan fingerprint density at radius 3 is 3.00 bits per heavy atom. The fourth-order valence-electron chi connectivity index (χ4n) is 0.605. The summed E-state index contributed by atoms with van der Waals surface area (Å²) in [4.78, 5) is 0. The zero-order chi connectivity index (χ0) is 5.28. The van der Waals surface area contributed by atoms with Crippen LogP contribution in [0.1, 0.15) is 12.8 Å². The summed E-state index contributed by atoms with van der Waals surface area (Å²) < 4.78 is 6.92. The molecule has 2 heteroatoms. The van der Waals surface area contributed by atoms with E-state index in [-0.39, 0.29) is 0 Å². The van der Waals surface area contributed by atoms with E-state index < -0.39 is 6.23 Å². The highest BCUT2D eigenvalue weighted by Crippen LogP contribution is 1.98. The average Bonchev–Trinajstić information content (AvgIpc) is 1.91. The van der Waals surface area contributed by atoms with Gasteiger partial charge in [-0.15, -0.1) is 0 Å². The lowest BCUT2D eigenvalue weighted by Gasteiger charge is -1.94. The lowest BCUT2D eigenvalue weighted by molar-refractivity contribution is 0.160. The standard InChI is InChI=1S/C4H9NO/c6-4-2-1-3-5-4/h4-6H,1-3H2/i/hD. The van der Waals surface area contributed by atoms with Gasteiger partial charge in [-0.25, -0.2) is 0 Å². The minimum absolute atomic E-state index is 0.486. The molecule has 0 amide bonds. The molecule has 36 valence electrons. The number of rotatable bonds is 0. The van der Waals surface area contributed by atoms with Crippen LogP contribution in [0.15, 0.2) is 0 Å². The summed E-state index contributed by atoms with van der Waals surface area (Å²) in [6, 6.07) is 0. The van der Waals surface area contributed by atoms with Gasteiger partial charge in [0.15, 0.2) is 0 Å². The molecule has 0 saturated carbocycles. The Morgan fingerprint density at radius 1 is 2.00 bits per heavy atom. The highest BCUT2D eigenvalue weighted by atomic mass is 16.3. The molecular formula is C4H9NO. The molecule has 1 heterocycles. The Morgan fingerprint density at radius 2 is 2.83 bits per heavy atom. The van der Waals surface area contributed by atoms with Crippen LogP contribution in [0.5, 0.6) is 0 Å². The number of hydrogen-bond donors (Lipinski definition) is 2. The fraction of sp³-hybridized carbons (Fsp3) is 1.00. The van der Waals surface area contributed by atoms with Gasteiger partial charge in [0, 0.05) is 0 Å². The van der Waals surface area contributed by atoms with Crippen molar-refractivity contribution in [1.82, 2.24) is 5.31 Å². The van der Waals surface area contributed by atoms with Crippen LogP contribution in [0.4, 0.5) is 0 Å². The molecule has 0 aromatic heterocycles.